The second-order valence-corrected chi connectivity index (χ2v) is 3.52. The number of alkyl halides is 2. The number of carboxylic acids is 1. The number of nitrogens with zero attached hydrogens (tertiary/aromatic N) is 3. The molecule has 1 aromatic heterocycles. The maximum Gasteiger partial charge on any atom is 0.350 e. The molecule has 106 valence electrons. The normalized spacial score (nSPS) is 12.4. The quantitative estimate of drug-likeness (QED) is 0.598. The fourth-order valence-electron chi connectivity index (χ4n) is 1.37. The first-order valence-corrected chi connectivity index (χ1v) is 5.24. The van der Waals surface area contributed by atoms with Crippen molar-refractivity contribution >= 4 is 11.7 Å². The fourth-order valence-corrected chi connectivity index (χ4v) is 1.37. The number of ether oxygens (including phenoxy) is 1. The van der Waals surface area contributed by atoms with E-state index in [4.69, 9.17) is 5.11 Å². The number of rotatable bonds is 7. The summed E-state index contributed by atoms with van der Waals surface area (Å²) in [4.78, 5) is 20.7. The Morgan fingerprint density at radius 1 is 1.68 bits per heavy atom. The maximum atomic E-state index is 12.0. The summed E-state index contributed by atoms with van der Waals surface area (Å²) in [5, 5.41) is 23.1. The van der Waals surface area contributed by atoms with Crippen LogP contribution in [0, 0.1) is 10.1 Å². The Morgan fingerprint density at radius 3 is 2.74 bits per heavy atom. The Hall–Kier alpha value is -2.26. The van der Waals surface area contributed by atoms with E-state index in [1.807, 2.05) is 0 Å². The molecule has 0 saturated carbocycles. The van der Waals surface area contributed by atoms with E-state index < -0.39 is 41.5 Å². The summed E-state index contributed by atoms with van der Waals surface area (Å²) in [5.74, 6) is -1.86. The predicted molar refractivity (Wildman–Crippen MR) is 57.3 cm³/mol. The van der Waals surface area contributed by atoms with E-state index in [1.54, 1.807) is 6.92 Å². The fraction of sp³-hybridized carbons (Fsp3) is 0.556. The second kappa shape index (κ2) is 6.07. The average Bonchev–Trinajstić information content (AvgIpc) is 2.71. The van der Waals surface area contributed by atoms with Crippen molar-refractivity contribution in [1.29, 1.82) is 0 Å². The molecule has 0 spiro atoms. The van der Waals surface area contributed by atoms with Crippen LogP contribution in [0.15, 0.2) is 6.20 Å². The first kappa shape index (κ1) is 14.8. The molecule has 0 amide bonds. The van der Waals surface area contributed by atoms with E-state index in [-0.39, 0.29) is 6.42 Å². The van der Waals surface area contributed by atoms with Crippen LogP contribution >= 0.6 is 0 Å². The van der Waals surface area contributed by atoms with Crippen molar-refractivity contribution in [2.24, 2.45) is 0 Å². The highest BCUT2D eigenvalue weighted by Crippen LogP contribution is 2.27. The highest BCUT2D eigenvalue weighted by atomic mass is 19.3. The van der Waals surface area contributed by atoms with E-state index in [2.05, 4.69) is 9.84 Å². The predicted octanol–water partition coefficient (Wildman–Crippen LogP) is 1.47. The zero-order valence-electron chi connectivity index (χ0n) is 9.82. The molecule has 10 heteroatoms. The van der Waals surface area contributed by atoms with Crippen molar-refractivity contribution in [2.75, 3.05) is 6.61 Å². The first-order valence-electron chi connectivity index (χ1n) is 5.24. The lowest BCUT2D eigenvalue weighted by Crippen LogP contribution is -2.18. The van der Waals surface area contributed by atoms with Crippen LogP contribution in [-0.4, -0.2) is 38.8 Å². The molecule has 19 heavy (non-hydrogen) atoms. The number of carbonyl (C=O) groups is 1. The second-order valence-electron chi connectivity index (χ2n) is 3.52. The molecule has 1 aromatic rings. The van der Waals surface area contributed by atoms with Gasteiger partial charge in [0.1, 0.15) is 12.2 Å². The first-order chi connectivity index (χ1) is 8.86. The minimum atomic E-state index is -2.81. The van der Waals surface area contributed by atoms with E-state index in [9.17, 15) is 23.7 Å². The van der Waals surface area contributed by atoms with Crippen molar-refractivity contribution in [3.05, 3.63) is 16.3 Å². The molecular formula is C9H11F2N3O5. The van der Waals surface area contributed by atoms with Gasteiger partial charge in [-0.3, -0.25) is 10.1 Å². The van der Waals surface area contributed by atoms with Crippen LogP contribution in [0.3, 0.4) is 0 Å². The Kier molecular flexibility index (Phi) is 4.73. The van der Waals surface area contributed by atoms with Crippen molar-refractivity contribution in [1.82, 2.24) is 9.78 Å². The third-order valence-corrected chi connectivity index (χ3v) is 2.21. The van der Waals surface area contributed by atoms with Gasteiger partial charge in [-0.05, 0) is 6.42 Å². The lowest BCUT2D eigenvalue weighted by molar-refractivity contribution is -0.386. The van der Waals surface area contributed by atoms with Crippen molar-refractivity contribution in [3.63, 3.8) is 0 Å². The molecule has 1 N–H and O–H groups in total. The standard InChI is InChI=1S/C9H11F2N3O5/c1-2-5(9(15)16)13-3-6(14(17)18)8(12-13)19-4-7(10)11/h3,5,7H,2,4H2,1H3,(H,15,16)/t5-/m0/s1. The number of hydrogen-bond acceptors (Lipinski definition) is 5. The van der Waals surface area contributed by atoms with E-state index >= 15 is 0 Å². The molecule has 0 aliphatic rings. The zero-order valence-corrected chi connectivity index (χ0v) is 9.82. The van der Waals surface area contributed by atoms with Crippen LogP contribution in [0.25, 0.3) is 0 Å². The minimum absolute atomic E-state index is 0.127. The summed E-state index contributed by atoms with van der Waals surface area (Å²) in [5.41, 5.74) is -0.652. The number of halogens is 2. The highest BCUT2D eigenvalue weighted by molar-refractivity contribution is 5.71. The summed E-state index contributed by atoms with van der Waals surface area (Å²) >= 11 is 0. The van der Waals surface area contributed by atoms with Gasteiger partial charge in [-0.1, -0.05) is 6.92 Å². The number of nitro groups is 1. The minimum Gasteiger partial charge on any atom is -0.480 e. The van der Waals surface area contributed by atoms with Crippen molar-refractivity contribution < 1.29 is 28.3 Å². The van der Waals surface area contributed by atoms with Gasteiger partial charge in [0.05, 0.1) is 4.92 Å². The van der Waals surface area contributed by atoms with Crippen LogP contribution in [0.5, 0.6) is 5.88 Å². The number of carboxylic acid groups (broad SMARTS) is 1. The molecule has 0 saturated heterocycles. The van der Waals surface area contributed by atoms with Gasteiger partial charge in [0.25, 0.3) is 6.43 Å². The van der Waals surface area contributed by atoms with Crippen LogP contribution in [-0.2, 0) is 4.79 Å². The molecule has 0 aliphatic carbocycles. The Labute approximate surface area is 105 Å². The molecule has 0 unspecified atom stereocenters. The molecular weight excluding hydrogens is 268 g/mol. The van der Waals surface area contributed by atoms with E-state index in [1.165, 1.54) is 0 Å². The molecule has 0 fully saturated rings. The average molecular weight is 279 g/mol. The van der Waals surface area contributed by atoms with Crippen LogP contribution in [0.1, 0.15) is 19.4 Å². The lowest BCUT2D eigenvalue weighted by Gasteiger charge is -2.08. The Bertz CT molecular complexity index is 476. The van der Waals surface area contributed by atoms with Crippen LogP contribution in [0.4, 0.5) is 14.5 Å². The summed E-state index contributed by atoms with van der Waals surface area (Å²) in [6, 6.07) is -1.12. The Morgan fingerprint density at radius 2 is 2.32 bits per heavy atom. The topological polar surface area (TPSA) is 107 Å². The van der Waals surface area contributed by atoms with Gasteiger partial charge in [-0.2, -0.15) is 0 Å². The van der Waals surface area contributed by atoms with E-state index in [0.29, 0.717) is 0 Å². The van der Waals surface area contributed by atoms with Gasteiger partial charge in [0, 0.05) is 0 Å². The summed E-state index contributed by atoms with van der Waals surface area (Å²) in [6.45, 7) is 0.494. The summed E-state index contributed by atoms with van der Waals surface area (Å²) < 4.78 is 29.3. The SMILES string of the molecule is CC[C@@H](C(=O)O)n1cc([N+](=O)[O-])c(OCC(F)F)n1. The molecule has 1 rings (SSSR count). The van der Waals surface area contributed by atoms with E-state index in [0.717, 1.165) is 10.9 Å². The van der Waals surface area contributed by atoms with Gasteiger partial charge in [0.2, 0.25) is 0 Å². The smallest absolute Gasteiger partial charge is 0.350 e. The largest absolute Gasteiger partial charge is 0.480 e. The Balaban J connectivity index is 3.06. The zero-order chi connectivity index (χ0) is 14.6. The third-order valence-electron chi connectivity index (χ3n) is 2.21. The molecule has 8 nitrogen and oxygen atoms in total. The number of hydrogen-bond donors (Lipinski definition) is 1. The number of aromatic nitrogens is 2. The monoisotopic (exact) mass is 279 g/mol. The van der Waals surface area contributed by atoms with Crippen molar-refractivity contribution in [3.8, 4) is 5.88 Å². The molecule has 1 heterocycles. The maximum absolute atomic E-state index is 12.0. The molecule has 0 aromatic carbocycles. The van der Waals surface area contributed by atoms with Gasteiger partial charge < -0.3 is 9.84 Å². The third kappa shape index (κ3) is 3.60. The van der Waals surface area contributed by atoms with Gasteiger partial charge >= 0.3 is 17.5 Å². The van der Waals surface area contributed by atoms with Gasteiger partial charge in [-0.25, -0.2) is 18.3 Å². The highest BCUT2D eigenvalue weighted by Gasteiger charge is 2.27. The summed E-state index contributed by atoms with van der Waals surface area (Å²) in [7, 11) is 0. The molecule has 0 radical (unpaired) electrons. The molecule has 0 aliphatic heterocycles. The van der Waals surface area contributed by atoms with Crippen LogP contribution in [0.2, 0.25) is 0 Å². The van der Waals surface area contributed by atoms with Crippen molar-refractivity contribution in [2.45, 2.75) is 25.8 Å². The lowest BCUT2D eigenvalue weighted by atomic mass is 10.2. The summed E-state index contributed by atoms with van der Waals surface area (Å²) in [6.07, 6.45) is -1.84. The molecule has 1 atom stereocenters. The van der Waals surface area contributed by atoms with Gasteiger partial charge in [-0.15, -0.1) is 5.10 Å². The van der Waals surface area contributed by atoms with Gasteiger partial charge in [0.15, 0.2) is 6.61 Å². The van der Waals surface area contributed by atoms with Crippen LogP contribution < -0.4 is 4.74 Å². The molecule has 0 bridgehead atoms. The number of aliphatic carboxylic acids is 1.